The summed E-state index contributed by atoms with van der Waals surface area (Å²) in [5, 5.41) is 0. The van der Waals surface area contributed by atoms with Gasteiger partial charge in [0.1, 0.15) is 11.5 Å². The fourth-order valence-corrected chi connectivity index (χ4v) is 5.11. The van der Waals surface area contributed by atoms with Crippen molar-refractivity contribution in [3.63, 3.8) is 0 Å². The third-order valence-electron chi connectivity index (χ3n) is 6.83. The summed E-state index contributed by atoms with van der Waals surface area (Å²) in [4.78, 5) is 31.9. The van der Waals surface area contributed by atoms with Crippen LogP contribution in [0.5, 0.6) is 11.5 Å². The zero-order chi connectivity index (χ0) is 21.1. The number of hydrogen-bond donors (Lipinski definition) is 0. The van der Waals surface area contributed by atoms with E-state index in [1.807, 2.05) is 32.9 Å². The number of carbonyl (C=O) groups excluding carboxylic acids is 2. The molecule has 1 aromatic carbocycles. The van der Waals surface area contributed by atoms with Gasteiger partial charge in [-0.3, -0.25) is 4.79 Å². The van der Waals surface area contributed by atoms with Crippen LogP contribution in [0, 0.1) is 5.92 Å². The normalized spacial score (nSPS) is 22.5. The maximum atomic E-state index is 13.4. The van der Waals surface area contributed by atoms with E-state index in [1.165, 1.54) is 0 Å². The van der Waals surface area contributed by atoms with Gasteiger partial charge >= 0.3 is 6.03 Å². The summed E-state index contributed by atoms with van der Waals surface area (Å²) >= 11 is 0. The molecule has 0 saturated carbocycles. The summed E-state index contributed by atoms with van der Waals surface area (Å²) in [6.45, 7) is 3.88. The Balaban J connectivity index is 1.40. The molecule has 0 aromatic heterocycles. The predicted molar refractivity (Wildman–Crippen MR) is 114 cm³/mol. The van der Waals surface area contributed by atoms with Crippen molar-refractivity contribution < 1.29 is 19.1 Å². The summed E-state index contributed by atoms with van der Waals surface area (Å²) in [6, 6.07) is 6.04. The molecular formula is C23H33N3O4. The van der Waals surface area contributed by atoms with E-state index in [9.17, 15) is 9.59 Å². The molecule has 7 nitrogen and oxygen atoms in total. The lowest BCUT2D eigenvalue weighted by molar-refractivity contribution is -0.137. The first-order chi connectivity index (χ1) is 14.6. The molecule has 0 radical (unpaired) electrons. The number of ether oxygens (including phenoxy) is 2. The molecular weight excluding hydrogens is 382 g/mol. The molecule has 4 rings (SSSR count). The van der Waals surface area contributed by atoms with Gasteiger partial charge in [0, 0.05) is 50.3 Å². The molecule has 1 atom stereocenters. The first kappa shape index (κ1) is 20.8. The zero-order valence-corrected chi connectivity index (χ0v) is 18.1. The second-order valence-corrected chi connectivity index (χ2v) is 8.54. The molecule has 1 aromatic rings. The average molecular weight is 416 g/mol. The van der Waals surface area contributed by atoms with Crippen molar-refractivity contribution in [2.45, 2.75) is 44.6 Å². The molecule has 0 bridgehead atoms. The van der Waals surface area contributed by atoms with Gasteiger partial charge in [0.25, 0.3) is 0 Å². The third kappa shape index (κ3) is 4.07. The molecule has 3 aliphatic heterocycles. The Morgan fingerprint density at radius 1 is 0.867 bits per heavy atom. The highest BCUT2D eigenvalue weighted by atomic mass is 16.5. The van der Waals surface area contributed by atoms with Crippen LogP contribution in [0.2, 0.25) is 0 Å². The van der Waals surface area contributed by atoms with Crippen molar-refractivity contribution in [1.82, 2.24) is 14.7 Å². The highest BCUT2D eigenvalue weighted by Crippen LogP contribution is 2.40. The number of piperidine rings is 1. The Morgan fingerprint density at radius 2 is 1.57 bits per heavy atom. The van der Waals surface area contributed by atoms with E-state index in [4.69, 9.17) is 9.47 Å². The van der Waals surface area contributed by atoms with Crippen LogP contribution in [0.4, 0.5) is 4.79 Å². The van der Waals surface area contributed by atoms with Crippen LogP contribution in [-0.2, 0) is 4.79 Å². The Hall–Kier alpha value is -2.44. The first-order valence-corrected chi connectivity index (χ1v) is 11.2. The number of benzene rings is 1. The summed E-state index contributed by atoms with van der Waals surface area (Å²) < 4.78 is 10.9. The fourth-order valence-electron chi connectivity index (χ4n) is 5.11. The topological polar surface area (TPSA) is 62.3 Å². The molecule has 3 fully saturated rings. The SMILES string of the molecule is COc1ccc([C@H]2CCCN2C(=O)C2CCN(C(=O)N3CCCC3)CC2)c(OC)c1. The van der Waals surface area contributed by atoms with Crippen LogP contribution in [0.3, 0.4) is 0 Å². The quantitative estimate of drug-likeness (QED) is 0.757. The fraction of sp³-hybridized carbons (Fsp3) is 0.652. The lowest BCUT2D eigenvalue weighted by atomic mass is 9.94. The monoisotopic (exact) mass is 415 g/mol. The van der Waals surface area contributed by atoms with Crippen molar-refractivity contribution in [1.29, 1.82) is 0 Å². The smallest absolute Gasteiger partial charge is 0.319 e. The Bertz CT molecular complexity index is 770. The number of rotatable bonds is 4. The van der Waals surface area contributed by atoms with Crippen molar-refractivity contribution in [3.05, 3.63) is 23.8 Å². The molecule has 0 aliphatic carbocycles. The molecule has 0 unspecified atom stereocenters. The summed E-state index contributed by atoms with van der Waals surface area (Å²) in [5.41, 5.74) is 1.05. The maximum Gasteiger partial charge on any atom is 0.319 e. The standard InChI is InChI=1S/C23H33N3O4/c1-29-18-7-8-19(21(16-18)30-2)20-6-5-13-26(20)22(27)17-9-14-25(15-10-17)23(28)24-11-3-4-12-24/h7-8,16-17,20H,3-6,9-15H2,1-2H3/t20-/m1/s1. The second kappa shape index (κ2) is 9.14. The molecule has 7 heteroatoms. The summed E-state index contributed by atoms with van der Waals surface area (Å²) in [5.74, 6) is 1.74. The van der Waals surface area contributed by atoms with Crippen LogP contribution in [0.15, 0.2) is 18.2 Å². The highest BCUT2D eigenvalue weighted by Gasteiger charge is 2.37. The molecule has 3 amide bonds. The number of methoxy groups -OCH3 is 2. The molecule has 3 heterocycles. The van der Waals surface area contributed by atoms with E-state index >= 15 is 0 Å². The Labute approximate surface area is 178 Å². The lowest BCUT2D eigenvalue weighted by Crippen LogP contribution is -2.48. The molecule has 30 heavy (non-hydrogen) atoms. The largest absolute Gasteiger partial charge is 0.497 e. The molecule has 0 spiro atoms. The van der Waals surface area contributed by atoms with Crippen molar-refractivity contribution in [3.8, 4) is 11.5 Å². The number of hydrogen-bond acceptors (Lipinski definition) is 4. The lowest BCUT2D eigenvalue weighted by Gasteiger charge is -2.36. The van der Waals surface area contributed by atoms with Crippen molar-refractivity contribution in [2.75, 3.05) is 46.9 Å². The van der Waals surface area contributed by atoms with Gasteiger partial charge in [0.2, 0.25) is 5.91 Å². The maximum absolute atomic E-state index is 13.4. The van der Waals surface area contributed by atoms with Crippen molar-refractivity contribution in [2.24, 2.45) is 5.92 Å². The van der Waals surface area contributed by atoms with E-state index in [0.29, 0.717) is 13.1 Å². The molecule has 0 N–H and O–H groups in total. The van der Waals surface area contributed by atoms with E-state index in [2.05, 4.69) is 0 Å². The minimum atomic E-state index is -0.00234. The number of amides is 3. The summed E-state index contributed by atoms with van der Waals surface area (Å²) in [6.07, 6.45) is 5.65. The average Bonchev–Trinajstić information content (AvgIpc) is 3.50. The second-order valence-electron chi connectivity index (χ2n) is 8.54. The number of likely N-dealkylation sites (tertiary alicyclic amines) is 3. The Morgan fingerprint density at radius 3 is 2.23 bits per heavy atom. The summed E-state index contributed by atoms with van der Waals surface area (Å²) in [7, 11) is 3.30. The van der Waals surface area contributed by atoms with Crippen molar-refractivity contribution >= 4 is 11.9 Å². The Kier molecular flexibility index (Phi) is 6.35. The van der Waals surface area contributed by atoms with Gasteiger partial charge in [0.05, 0.1) is 20.3 Å². The molecule has 3 aliphatic rings. The minimum Gasteiger partial charge on any atom is -0.497 e. The van der Waals surface area contributed by atoms with Crippen LogP contribution >= 0.6 is 0 Å². The number of urea groups is 1. The number of nitrogens with zero attached hydrogens (tertiary/aromatic N) is 3. The number of carbonyl (C=O) groups is 2. The third-order valence-corrected chi connectivity index (χ3v) is 6.83. The van der Waals surface area contributed by atoms with E-state index in [0.717, 1.165) is 75.2 Å². The van der Waals surface area contributed by atoms with E-state index < -0.39 is 0 Å². The van der Waals surface area contributed by atoms with Crippen LogP contribution in [0.25, 0.3) is 0 Å². The van der Waals surface area contributed by atoms with Crippen LogP contribution in [-0.4, -0.2) is 73.6 Å². The van der Waals surface area contributed by atoms with Gasteiger partial charge in [-0.15, -0.1) is 0 Å². The van der Waals surface area contributed by atoms with Gasteiger partial charge in [0.15, 0.2) is 0 Å². The minimum absolute atomic E-state index is 0.00234. The van der Waals surface area contributed by atoms with Gasteiger partial charge in [-0.05, 0) is 50.7 Å². The van der Waals surface area contributed by atoms with Gasteiger partial charge < -0.3 is 24.2 Å². The zero-order valence-electron chi connectivity index (χ0n) is 18.1. The predicted octanol–water partition coefficient (Wildman–Crippen LogP) is 3.30. The van der Waals surface area contributed by atoms with Crippen LogP contribution < -0.4 is 9.47 Å². The van der Waals surface area contributed by atoms with Gasteiger partial charge in [-0.2, -0.15) is 0 Å². The van der Waals surface area contributed by atoms with E-state index in [-0.39, 0.29) is 23.9 Å². The molecule has 3 saturated heterocycles. The first-order valence-electron chi connectivity index (χ1n) is 11.2. The van der Waals surface area contributed by atoms with Crippen LogP contribution in [0.1, 0.15) is 50.1 Å². The van der Waals surface area contributed by atoms with E-state index in [1.54, 1.807) is 14.2 Å². The van der Waals surface area contributed by atoms with Gasteiger partial charge in [-0.25, -0.2) is 4.79 Å². The van der Waals surface area contributed by atoms with Gasteiger partial charge in [-0.1, -0.05) is 0 Å². The molecule has 164 valence electrons. The highest BCUT2D eigenvalue weighted by molar-refractivity contribution is 5.81.